The summed E-state index contributed by atoms with van der Waals surface area (Å²) in [5, 5.41) is 0.572. The third-order valence-electron chi connectivity index (χ3n) is 1.73. The van der Waals surface area contributed by atoms with Crippen molar-refractivity contribution in [2.24, 2.45) is 0 Å². The Kier molecular flexibility index (Phi) is 3.77. The van der Waals surface area contributed by atoms with Crippen LogP contribution in [0.5, 0.6) is 0 Å². The monoisotopic (exact) mass is 280 g/mol. The second kappa shape index (κ2) is 4.45. The van der Waals surface area contributed by atoms with Gasteiger partial charge in [0.1, 0.15) is 0 Å². The zero-order valence-electron chi connectivity index (χ0n) is 6.90. The molecule has 0 amide bonds. The van der Waals surface area contributed by atoms with Crippen molar-refractivity contribution in [1.82, 2.24) is 0 Å². The Hall–Kier alpha value is -0.0500. The van der Waals surface area contributed by atoms with Crippen LogP contribution in [0.1, 0.15) is 15.9 Å². The molecule has 70 valence electrons. The van der Waals surface area contributed by atoms with Crippen molar-refractivity contribution in [1.29, 1.82) is 0 Å². The fourth-order valence-corrected chi connectivity index (χ4v) is 1.96. The average molecular weight is 282 g/mol. The molecule has 0 aliphatic heterocycles. The number of ketones is 1. The van der Waals surface area contributed by atoms with Crippen molar-refractivity contribution in [3.63, 3.8) is 0 Å². The Morgan fingerprint density at radius 2 is 2.15 bits per heavy atom. The number of alkyl halides is 1. The van der Waals surface area contributed by atoms with Crippen LogP contribution in [0.3, 0.4) is 0 Å². The Bertz CT molecular complexity index is 350. The summed E-state index contributed by atoms with van der Waals surface area (Å²) in [6.07, 6.45) is 0. The first-order chi connectivity index (χ1) is 6.06. The number of benzene rings is 1. The highest BCUT2D eigenvalue weighted by atomic mass is 79.9. The molecule has 0 radical (unpaired) electrons. The normalized spacial score (nSPS) is 10.2. The summed E-state index contributed by atoms with van der Waals surface area (Å²) in [6.45, 7) is 1.80. The van der Waals surface area contributed by atoms with Crippen LogP contribution in [-0.2, 0) is 0 Å². The first kappa shape index (κ1) is 11.0. The van der Waals surface area contributed by atoms with Crippen molar-refractivity contribution in [2.45, 2.75) is 6.92 Å². The first-order valence-electron chi connectivity index (χ1n) is 3.61. The lowest BCUT2D eigenvalue weighted by Gasteiger charge is -2.05. The van der Waals surface area contributed by atoms with E-state index < -0.39 is 0 Å². The minimum Gasteiger partial charge on any atom is -0.293 e. The van der Waals surface area contributed by atoms with Gasteiger partial charge < -0.3 is 0 Å². The number of rotatable bonds is 2. The molecule has 4 heteroatoms. The fourth-order valence-electron chi connectivity index (χ4n) is 1.01. The summed E-state index contributed by atoms with van der Waals surface area (Å²) >= 11 is 14.6. The van der Waals surface area contributed by atoms with Crippen LogP contribution >= 0.6 is 39.1 Å². The van der Waals surface area contributed by atoms with Crippen LogP contribution in [-0.4, -0.2) is 11.7 Å². The lowest BCUT2D eigenvalue weighted by Crippen LogP contribution is -2.03. The van der Waals surface area contributed by atoms with E-state index in [1.165, 1.54) is 0 Å². The van der Waals surface area contributed by atoms with Gasteiger partial charge in [-0.15, -0.1) is 11.6 Å². The summed E-state index contributed by atoms with van der Waals surface area (Å²) in [5.41, 5.74) is 1.35. The van der Waals surface area contributed by atoms with E-state index in [1.54, 1.807) is 19.1 Å². The number of carbonyl (C=O) groups excluding carboxylic acids is 1. The number of hydrogen-bond donors (Lipinski definition) is 0. The summed E-state index contributed by atoms with van der Waals surface area (Å²) in [7, 11) is 0. The highest BCUT2D eigenvalue weighted by molar-refractivity contribution is 9.10. The van der Waals surface area contributed by atoms with Gasteiger partial charge in [0, 0.05) is 15.1 Å². The number of hydrogen-bond acceptors (Lipinski definition) is 1. The van der Waals surface area contributed by atoms with Gasteiger partial charge in [0.2, 0.25) is 0 Å². The molecule has 0 heterocycles. The molecule has 0 unspecified atom stereocenters. The Morgan fingerprint density at radius 1 is 1.54 bits per heavy atom. The van der Waals surface area contributed by atoms with E-state index in [2.05, 4.69) is 15.9 Å². The van der Waals surface area contributed by atoms with E-state index in [4.69, 9.17) is 23.2 Å². The van der Waals surface area contributed by atoms with Gasteiger partial charge in [0.25, 0.3) is 0 Å². The molecule has 0 aliphatic rings. The zero-order chi connectivity index (χ0) is 10.0. The molecule has 13 heavy (non-hydrogen) atoms. The highest BCUT2D eigenvalue weighted by Gasteiger charge is 2.11. The third-order valence-corrected chi connectivity index (χ3v) is 2.82. The van der Waals surface area contributed by atoms with Crippen molar-refractivity contribution >= 4 is 44.9 Å². The van der Waals surface area contributed by atoms with Gasteiger partial charge in [0.05, 0.1) is 5.88 Å². The Balaban J connectivity index is 3.28. The van der Waals surface area contributed by atoms with E-state index in [-0.39, 0.29) is 11.7 Å². The van der Waals surface area contributed by atoms with Gasteiger partial charge in [-0.2, -0.15) is 0 Å². The molecule has 1 aromatic rings. The predicted molar refractivity (Wildman–Crippen MR) is 58.9 cm³/mol. The second-order valence-corrected chi connectivity index (χ2v) is 4.21. The van der Waals surface area contributed by atoms with E-state index >= 15 is 0 Å². The summed E-state index contributed by atoms with van der Waals surface area (Å²) in [4.78, 5) is 11.3. The molecule has 0 bridgehead atoms. The average Bonchev–Trinajstić information content (AvgIpc) is 2.10. The van der Waals surface area contributed by atoms with Gasteiger partial charge in [-0.25, -0.2) is 0 Å². The summed E-state index contributed by atoms with van der Waals surface area (Å²) < 4.78 is 0.788. The maximum Gasteiger partial charge on any atom is 0.177 e. The van der Waals surface area contributed by atoms with Gasteiger partial charge in [-0.05, 0) is 24.6 Å². The summed E-state index contributed by atoms with van der Waals surface area (Å²) in [5.74, 6) is -0.129. The summed E-state index contributed by atoms with van der Waals surface area (Å²) in [6, 6.07) is 3.48. The van der Waals surface area contributed by atoms with Crippen LogP contribution in [0, 0.1) is 6.92 Å². The first-order valence-corrected chi connectivity index (χ1v) is 5.31. The number of halogens is 3. The molecular weight excluding hydrogens is 275 g/mol. The SMILES string of the molecule is Cc1c(Cl)cc(Br)cc1C(=O)CCl. The molecule has 0 N–H and O–H groups in total. The van der Waals surface area contributed by atoms with Crippen LogP contribution < -0.4 is 0 Å². The van der Waals surface area contributed by atoms with Crippen molar-refractivity contribution in [3.05, 3.63) is 32.8 Å². The number of Topliss-reactive ketones (excluding diaryl/α,β-unsaturated/α-hetero) is 1. The molecule has 0 aliphatic carbocycles. The predicted octanol–water partition coefficient (Wildman–Crippen LogP) is 3.83. The van der Waals surface area contributed by atoms with E-state index in [9.17, 15) is 4.79 Å². The van der Waals surface area contributed by atoms with Gasteiger partial charge in [-0.3, -0.25) is 4.79 Å². The molecule has 1 aromatic carbocycles. The largest absolute Gasteiger partial charge is 0.293 e. The van der Waals surface area contributed by atoms with Crippen LogP contribution in [0.25, 0.3) is 0 Å². The molecule has 0 saturated carbocycles. The Morgan fingerprint density at radius 3 is 2.69 bits per heavy atom. The topological polar surface area (TPSA) is 17.1 Å². The van der Waals surface area contributed by atoms with E-state index in [0.29, 0.717) is 10.6 Å². The molecular formula is C9H7BrCl2O. The smallest absolute Gasteiger partial charge is 0.177 e. The standard InChI is InChI=1S/C9H7BrCl2O/c1-5-7(9(13)4-11)2-6(10)3-8(5)12/h2-3H,4H2,1H3. The maximum atomic E-state index is 11.3. The van der Waals surface area contributed by atoms with Crippen molar-refractivity contribution in [2.75, 3.05) is 5.88 Å². The zero-order valence-corrected chi connectivity index (χ0v) is 10.0. The molecule has 0 atom stereocenters. The molecule has 0 fully saturated rings. The lowest BCUT2D eigenvalue weighted by atomic mass is 10.1. The molecule has 1 rings (SSSR count). The maximum absolute atomic E-state index is 11.3. The van der Waals surface area contributed by atoms with Crippen LogP contribution in [0.15, 0.2) is 16.6 Å². The second-order valence-electron chi connectivity index (χ2n) is 2.62. The minimum atomic E-state index is -0.109. The third kappa shape index (κ3) is 2.46. The quantitative estimate of drug-likeness (QED) is 0.595. The van der Waals surface area contributed by atoms with Crippen LogP contribution in [0.4, 0.5) is 0 Å². The minimum absolute atomic E-state index is 0.0202. The highest BCUT2D eigenvalue weighted by Crippen LogP contribution is 2.25. The van der Waals surface area contributed by atoms with Gasteiger partial charge >= 0.3 is 0 Å². The van der Waals surface area contributed by atoms with Crippen molar-refractivity contribution in [3.8, 4) is 0 Å². The number of carbonyl (C=O) groups is 1. The molecule has 0 saturated heterocycles. The Labute approximate surface area is 95.2 Å². The van der Waals surface area contributed by atoms with E-state index in [0.717, 1.165) is 10.0 Å². The molecule has 0 aromatic heterocycles. The van der Waals surface area contributed by atoms with E-state index in [1.807, 2.05) is 0 Å². The lowest BCUT2D eigenvalue weighted by molar-refractivity contribution is 0.102. The molecule has 0 spiro atoms. The van der Waals surface area contributed by atoms with Crippen molar-refractivity contribution < 1.29 is 4.79 Å². The van der Waals surface area contributed by atoms with Crippen LogP contribution in [0.2, 0.25) is 5.02 Å². The fraction of sp³-hybridized carbons (Fsp3) is 0.222. The molecule has 1 nitrogen and oxygen atoms in total. The van der Waals surface area contributed by atoms with Gasteiger partial charge in [-0.1, -0.05) is 27.5 Å². The van der Waals surface area contributed by atoms with Gasteiger partial charge in [0.15, 0.2) is 5.78 Å².